The summed E-state index contributed by atoms with van der Waals surface area (Å²) in [5.41, 5.74) is 0.626. The average Bonchev–Trinajstić information content (AvgIpc) is 2.81. The molecule has 0 saturated heterocycles. The lowest BCUT2D eigenvalue weighted by Crippen LogP contribution is -2.26. The Kier molecular flexibility index (Phi) is 4.48. The van der Waals surface area contributed by atoms with Gasteiger partial charge < -0.3 is 4.90 Å². The molecule has 0 atom stereocenters. The van der Waals surface area contributed by atoms with Crippen molar-refractivity contribution in [2.45, 2.75) is 11.4 Å². The molecule has 2 nitrogen and oxygen atoms in total. The van der Waals surface area contributed by atoms with Gasteiger partial charge in [-0.1, -0.05) is 22.0 Å². The van der Waals surface area contributed by atoms with Gasteiger partial charge in [0.15, 0.2) is 0 Å². The Labute approximate surface area is 124 Å². The number of nitrogens with zero attached hydrogens (tertiary/aromatic N) is 1. The lowest BCUT2D eigenvalue weighted by Gasteiger charge is -2.17. The Bertz CT molecular complexity index is 554. The maximum atomic E-state index is 12.3. The third kappa shape index (κ3) is 3.16. The number of thiophene rings is 1. The van der Waals surface area contributed by atoms with Gasteiger partial charge in [-0.2, -0.15) is 0 Å². The Balaban J connectivity index is 2.15. The second-order valence-electron chi connectivity index (χ2n) is 3.90. The van der Waals surface area contributed by atoms with E-state index in [1.54, 1.807) is 29.4 Å². The maximum absolute atomic E-state index is 12.3. The predicted octanol–water partition coefficient (Wildman–Crippen LogP) is 4.07. The lowest BCUT2D eigenvalue weighted by molar-refractivity contribution is 0.0783. The second kappa shape index (κ2) is 5.91. The summed E-state index contributed by atoms with van der Waals surface area (Å²) in [6.45, 7) is 0.625. The Morgan fingerprint density at radius 2 is 2.22 bits per heavy atom. The van der Waals surface area contributed by atoms with Crippen molar-refractivity contribution in [2.75, 3.05) is 7.05 Å². The lowest BCUT2D eigenvalue weighted by atomic mass is 10.2. The molecule has 1 amide bonds. The first-order chi connectivity index (χ1) is 8.58. The first-order valence-corrected chi connectivity index (χ1v) is 7.46. The van der Waals surface area contributed by atoms with Crippen LogP contribution in [0.3, 0.4) is 0 Å². The van der Waals surface area contributed by atoms with E-state index in [9.17, 15) is 4.79 Å². The van der Waals surface area contributed by atoms with Gasteiger partial charge in [-0.05, 0) is 29.6 Å². The van der Waals surface area contributed by atoms with E-state index in [0.29, 0.717) is 17.0 Å². The molecule has 0 aliphatic heterocycles. The van der Waals surface area contributed by atoms with Crippen molar-refractivity contribution in [1.82, 2.24) is 4.90 Å². The fourth-order valence-electron chi connectivity index (χ4n) is 1.60. The number of halogens is 1. The van der Waals surface area contributed by atoms with E-state index in [0.717, 1.165) is 4.47 Å². The topological polar surface area (TPSA) is 20.3 Å². The van der Waals surface area contributed by atoms with Crippen LogP contribution in [0.15, 0.2) is 45.1 Å². The van der Waals surface area contributed by atoms with Gasteiger partial charge >= 0.3 is 0 Å². The summed E-state index contributed by atoms with van der Waals surface area (Å²) in [5.74, 6) is -0.0131. The van der Waals surface area contributed by atoms with Crippen molar-refractivity contribution >= 4 is 45.8 Å². The second-order valence-corrected chi connectivity index (χ2v) is 6.33. The third-order valence-electron chi connectivity index (χ3n) is 2.51. The summed E-state index contributed by atoms with van der Waals surface area (Å²) in [6, 6.07) is 9.49. The van der Waals surface area contributed by atoms with Crippen molar-refractivity contribution in [1.29, 1.82) is 0 Å². The van der Waals surface area contributed by atoms with Crippen molar-refractivity contribution in [2.24, 2.45) is 0 Å². The maximum Gasteiger partial charge on any atom is 0.255 e. The summed E-state index contributed by atoms with van der Waals surface area (Å²) in [5, 5.41) is 2.01. The number of amides is 1. The van der Waals surface area contributed by atoms with E-state index in [4.69, 9.17) is 0 Å². The molecule has 0 bridgehead atoms. The van der Waals surface area contributed by atoms with E-state index in [1.165, 1.54) is 4.88 Å². The first-order valence-electron chi connectivity index (χ1n) is 5.34. The van der Waals surface area contributed by atoms with Crippen molar-refractivity contribution in [3.63, 3.8) is 0 Å². The zero-order chi connectivity index (χ0) is 13.1. The number of hydrogen-bond acceptors (Lipinski definition) is 3. The van der Waals surface area contributed by atoms with Gasteiger partial charge in [0.2, 0.25) is 0 Å². The zero-order valence-electron chi connectivity index (χ0n) is 9.76. The van der Waals surface area contributed by atoms with E-state index < -0.39 is 0 Å². The van der Waals surface area contributed by atoms with Crippen LogP contribution in [0.2, 0.25) is 0 Å². The molecule has 0 aliphatic rings. The highest BCUT2D eigenvalue weighted by atomic mass is 79.9. The number of carbonyl (C=O) groups is 1. The minimum absolute atomic E-state index is 0.0131. The van der Waals surface area contributed by atoms with Gasteiger partial charge in [-0.15, -0.1) is 24.0 Å². The average molecular weight is 342 g/mol. The van der Waals surface area contributed by atoms with Gasteiger partial charge in [0.05, 0.1) is 12.1 Å². The first kappa shape index (κ1) is 13.6. The normalized spacial score (nSPS) is 10.4. The quantitative estimate of drug-likeness (QED) is 0.834. The molecule has 0 N–H and O–H groups in total. The van der Waals surface area contributed by atoms with Crippen LogP contribution in [0.25, 0.3) is 0 Å². The van der Waals surface area contributed by atoms with Gasteiger partial charge in [0.1, 0.15) is 0 Å². The van der Waals surface area contributed by atoms with Crippen molar-refractivity contribution < 1.29 is 4.79 Å². The van der Waals surface area contributed by atoms with Crippen LogP contribution in [0.5, 0.6) is 0 Å². The molecule has 1 aromatic carbocycles. The molecule has 94 valence electrons. The summed E-state index contributed by atoms with van der Waals surface area (Å²) in [6.07, 6.45) is 0. The van der Waals surface area contributed by atoms with Gasteiger partial charge in [0, 0.05) is 21.3 Å². The molecule has 2 aromatic rings. The standard InChI is InChI=1S/C13H12BrNOS2/c1-15(8-10-3-2-6-18-10)13(16)11-5-4-9(14)7-12(11)17/h2-7,17H,8H2,1H3. The number of thiol groups is 1. The van der Waals surface area contributed by atoms with E-state index in [-0.39, 0.29) is 5.91 Å². The number of rotatable bonds is 3. The van der Waals surface area contributed by atoms with Crippen LogP contribution < -0.4 is 0 Å². The third-order valence-corrected chi connectivity index (χ3v) is 4.23. The van der Waals surface area contributed by atoms with E-state index in [1.807, 2.05) is 29.6 Å². The molecule has 0 radical (unpaired) electrons. The fourth-order valence-corrected chi connectivity index (χ4v) is 3.20. The van der Waals surface area contributed by atoms with Gasteiger partial charge in [-0.3, -0.25) is 4.79 Å². The molecular weight excluding hydrogens is 330 g/mol. The van der Waals surface area contributed by atoms with Gasteiger partial charge in [0.25, 0.3) is 5.91 Å². The molecule has 1 heterocycles. The Morgan fingerprint density at radius 3 is 2.83 bits per heavy atom. The smallest absolute Gasteiger partial charge is 0.255 e. The highest BCUT2D eigenvalue weighted by Crippen LogP contribution is 2.22. The van der Waals surface area contributed by atoms with Crippen LogP contribution in [0, 0.1) is 0 Å². The Hall–Kier alpha value is -0.780. The molecule has 2 rings (SSSR count). The SMILES string of the molecule is CN(Cc1cccs1)C(=O)c1ccc(Br)cc1S. The largest absolute Gasteiger partial charge is 0.337 e. The molecule has 5 heteroatoms. The van der Waals surface area contributed by atoms with Gasteiger partial charge in [-0.25, -0.2) is 0 Å². The minimum atomic E-state index is -0.0131. The van der Waals surface area contributed by atoms with Crippen LogP contribution in [0.1, 0.15) is 15.2 Å². The monoisotopic (exact) mass is 341 g/mol. The summed E-state index contributed by atoms with van der Waals surface area (Å²) in [4.78, 5) is 15.8. The fraction of sp³-hybridized carbons (Fsp3) is 0.154. The summed E-state index contributed by atoms with van der Waals surface area (Å²) in [7, 11) is 1.80. The summed E-state index contributed by atoms with van der Waals surface area (Å²) >= 11 is 9.35. The van der Waals surface area contributed by atoms with Crippen LogP contribution in [-0.4, -0.2) is 17.9 Å². The molecular formula is C13H12BrNOS2. The highest BCUT2D eigenvalue weighted by Gasteiger charge is 2.15. The Morgan fingerprint density at radius 1 is 1.44 bits per heavy atom. The van der Waals surface area contributed by atoms with E-state index >= 15 is 0 Å². The number of hydrogen-bond donors (Lipinski definition) is 1. The molecule has 0 spiro atoms. The van der Waals surface area contributed by atoms with Crippen molar-refractivity contribution in [3.8, 4) is 0 Å². The zero-order valence-corrected chi connectivity index (χ0v) is 13.1. The van der Waals surface area contributed by atoms with Crippen LogP contribution in [-0.2, 0) is 6.54 Å². The van der Waals surface area contributed by atoms with Crippen LogP contribution in [0.4, 0.5) is 0 Å². The summed E-state index contributed by atoms with van der Waals surface area (Å²) < 4.78 is 0.921. The molecule has 0 saturated carbocycles. The highest BCUT2D eigenvalue weighted by molar-refractivity contribution is 9.10. The molecule has 18 heavy (non-hydrogen) atoms. The number of benzene rings is 1. The number of carbonyl (C=O) groups excluding carboxylic acids is 1. The molecule has 0 aliphatic carbocycles. The van der Waals surface area contributed by atoms with Crippen molar-refractivity contribution in [3.05, 3.63) is 50.6 Å². The predicted molar refractivity (Wildman–Crippen MR) is 81.5 cm³/mol. The van der Waals surface area contributed by atoms with E-state index in [2.05, 4.69) is 28.6 Å². The molecule has 0 fully saturated rings. The minimum Gasteiger partial charge on any atom is -0.337 e. The molecule has 1 aromatic heterocycles. The molecule has 0 unspecified atom stereocenters. The van der Waals surface area contributed by atoms with Crippen LogP contribution >= 0.6 is 39.9 Å².